The first-order valence-corrected chi connectivity index (χ1v) is 17.1. The van der Waals surface area contributed by atoms with Gasteiger partial charge in [0.15, 0.2) is 18.4 Å². The zero-order valence-electron chi connectivity index (χ0n) is 26.6. The minimum atomic E-state index is -0.720. The lowest BCUT2D eigenvalue weighted by Crippen LogP contribution is -2.47. The first-order chi connectivity index (χ1) is 22.5. The van der Waals surface area contributed by atoms with Crippen LogP contribution >= 0.6 is 0 Å². The number of likely N-dealkylation sites (tertiary alicyclic amines) is 1. The van der Waals surface area contributed by atoms with Crippen molar-refractivity contribution in [3.8, 4) is 17.2 Å². The van der Waals surface area contributed by atoms with Gasteiger partial charge in [-0.3, -0.25) is 4.79 Å². The fourth-order valence-corrected chi connectivity index (χ4v) is 7.16. The van der Waals surface area contributed by atoms with Gasteiger partial charge < -0.3 is 28.6 Å². The number of halogens is 1. The van der Waals surface area contributed by atoms with Crippen LogP contribution in [-0.2, 0) is 15.9 Å². The smallest absolute Gasteiger partial charge is 0.199 e. The summed E-state index contributed by atoms with van der Waals surface area (Å²) in [5.74, 6) is 1.17. The van der Waals surface area contributed by atoms with Gasteiger partial charge in [-0.1, -0.05) is 31.2 Å². The summed E-state index contributed by atoms with van der Waals surface area (Å²) in [5.41, 5.74) is 2.60. The number of fused-ring (bicyclic) bond motifs is 1. The average Bonchev–Trinajstić information content (AvgIpc) is 3.06. The van der Waals surface area contributed by atoms with Crippen molar-refractivity contribution in [1.82, 2.24) is 4.90 Å². The van der Waals surface area contributed by atoms with Gasteiger partial charge in [0.1, 0.15) is 29.2 Å². The van der Waals surface area contributed by atoms with Gasteiger partial charge in [0.2, 0.25) is 0 Å². The Hall–Kier alpha value is -3.46. The normalized spacial score (nSPS) is 25.3. The molecule has 3 fully saturated rings. The second kappa shape index (κ2) is 14.1. The van der Waals surface area contributed by atoms with E-state index in [1.165, 1.54) is 0 Å². The van der Waals surface area contributed by atoms with E-state index in [4.69, 9.17) is 23.7 Å². The van der Waals surface area contributed by atoms with E-state index in [1.54, 1.807) is 24.3 Å². The SMILES string of the molecule is CCCN1CC(Cc2ccc(C3Oc4cc(OC5CCCCO5)ccc4C(=O)C3c3ccc(OC4CCCCO4)cc3)cc2F)C1. The van der Waals surface area contributed by atoms with Crippen LogP contribution in [0.15, 0.2) is 60.7 Å². The highest BCUT2D eigenvalue weighted by atomic mass is 19.1. The Kier molecular flexibility index (Phi) is 9.56. The summed E-state index contributed by atoms with van der Waals surface area (Å²) in [7, 11) is 0. The van der Waals surface area contributed by atoms with Gasteiger partial charge in [0.25, 0.3) is 0 Å². The zero-order chi connectivity index (χ0) is 31.5. The summed E-state index contributed by atoms with van der Waals surface area (Å²) in [4.78, 5) is 16.7. The average molecular weight is 630 g/mol. The van der Waals surface area contributed by atoms with E-state index >= 15 is 4.39 Å². The number of nitrogens with zero attached hydrogens (tertiary/aromatic N) is 1. The molecule has 3 saturated heterocycles. The maximum Gasteiger partial charge on any atom is 0.199 e. The first kappa shape index (κ1) is 31.2. The highest BCUT2D eigenvalue weighted by molar-refractivity contribution is 6.05. The summed E-state index contributed by atoms with van der Waals surface area (Å²) in [6, 6.07) is 18.2. The van der Waals surface area contributed by atoms with Crippen molar-refractivity contribution in [2.45, 2.75) is 82.9 Å². The number of rotatable bonds is 10. The topological polar surface area (TPSA) is 66.5 Å². The molecular formula is C38H44FNO6. The molecule has 3 aromatic carbocycles. The van der Waals surface area contributed by atoms with Crippen molar-refractivity contribution in [1.29, 1.82) is 0 Å². The monoisotopic (exact) mass is 629 g/mol. The van der Waals surface area contributed by atoms with Gasteiger partial charge in [-0.05, 0) is 98.0 Å². The Morgan fingerprint density at radius 1 is 0.826 bits per heavy atom. The van der Waals surface area contributed by atoms with Gasteiger partial charge in [0.05, 0.1) is 24.7 Å². The van der Waals surface area contributed by atoms with E-state index in [1.807, 2.05) is 36.4 Å². The molecule has 0 saturated carbocycles. The molecule has 4 heterocycles. The summed E-state index contributed by atoms with van der Waals surface area (Å²) in [6.45, 7) is 6.67. The molecule has 244 valence electrons. The Balaban J connectivity index is 1.15. The number of benzene rings is 3. The van der Waals surface area contributed by atoms with Crippen molar-refractivity contribution >= 4 is 5.78 Å². The molecule has 4 unspecified atom stereocenters. The Morgan fingerprint density at radius 2 is 1.50 bits per heavy atom. The summed E-state index contributed by atoms with van der Waals surface area (Å²) in [5, 5.41) is 0. The van der Waals surface area contributed by atoms with E-state index in [0.29, 0.717) is 59.5 Å². The zero-order valence-corrected chi connectivity index (χ0v) is 26.6. The fraction of sp³-hybridized carbons (Fsp3) is 0.500. The number of Topliss-reactive ketones (excluding diaryl/α,β-unsaturated/α-hetero) is 1. The van der Waals surface area contributed by atoms with Crippen LogP contribution in [0.3, 0.4) is 0 Å². The lowest BCUT2D eigenvalue weighted by molar-refractivity contribution is -0.106. The van der Waals surface area contributed by atoms with Crippen LogP contribution in [0.2, 0.25) is 0 Å². The van der Waals surface area contributed by atoms with Crippen LogP contribution in [-0.4, -0.2) is 56.1 Å². The lowest BCUT2D eigenvalue weighted by Gasteiger charge is -2.39. The highest BCUT2D eigenvalue weighted by Crippen LogP contribution is 2.46. The number of ketones is 1. The van der Waals surface area contributed by atoms with Gasteiger partial charge >= 0.3 is 0 Å². The van der Waals surface area contributed by atoms with E-state index in [9.17, 15) is 4.79 Å². The Labute approximate surface area is 270 Å². The summed E-state index contributed by atoms with van der Waals surface area (Å²) < 4.78 is 45.9. The lowest BCUT2D eigenvalue weighted by atomic mass is 9.80. The number of hydrogen-bond acceptors (Lipinski definition) is 7. The molecule has 4 aliphatic heterocycles. The molecule has 0 aliphatic carbocycles. The minimum absolute atomic E-state index is 0.0778. The largest absolute Gasteiger partial charge is 0.484 e. The third kappa shape index (κ3) is 6.94. The molecule has 3 aromatic rings. The van der Waals surface area contributed by atoms with Crippen LogP contribution in [0.25, 0.3) is 0 Å². The molecule has 8 heteroatoms. The van der Waals surface area contributed by atoms with Crippen molar-refractivity contribution in [3.63, 3.8) is 0 Å². The van der Waals surface area contributed by atoms with E-state index in [0.717, 1.165) is 70.1 Å². The third-order valence-corrected chi connectivity index (χ3v) is 9.59. The van der Waals surface area contributed by atoms with Crippen LogP contribution in [0.5, 0.6) is 17.2 Å². The molecule has 0 N–H and O–H groups in total. The molecule has 7 nitrogen and oxygen atoms in total. The molecule has 4 aliphatic rings. The van der Waals surface area contributed by atoms with E-state index in [-0.39, 0.29) is 24.2 Å². The summed E-state index contributed by atoms with van der Waals surface area (Å²) >= 11 is 0. The molecule has 0 amide bonds. The van der Waals surface area contributed by atoms with Crippen LogP contribution in [0.4, 0.5) is 4.39 Å². The van der Waals surface area contributed by atoms with Crippen molar-refractivity contribution in [3.05, 3.63) is 88.7 Å². The van der Waals surface area contributed by atoms with Crippen molar-refractivity contribution < 1.29 is 32.9 Å². The maximum atomic E-state index is 15.7. The first-order valence-electron chi connectivity index (χ1n) is 17.1. The number of carbonyl (C=O) groups is 1. The Bertz CT molecular complexity index is 1490. The quantitative estimate of drug-likeness (QED) is 0.229. The Morgan fingerprint density at radius 3 is 2.15 bits per heavy atom. The highest BCUT2D eigenvalue weighted by Gasteiger charge is 2.40. The number of carbonyl (C=O) groups excluding carboxylic acids is 1. The van der Waals surface area contributed by atoms with E-state index in [2.05, 4.69) is 11.8 Å². The summed E-state index contributed by atoms with van der Waals surface area (Å²) in [6.07, 6.45) is 6.41. The van der Waals surface area contributed by atoms with Crippen LogP contribution in [0.1, 0.15) is 90.9 Å². The second-order valence-electron chi connectivity index (χ2n) is 13.1. The number of ether oxygens (including phenoxy) is 5. The number of hydrogen-bond donors (Lipinski definition) is 0. The predicted octanol–water partition coefficient (Wildman–Crippen LogP) is 7.62. The molecule has 4 atom stereocenters. The van der Waals surface area contributed by atoms with Crippen molar-refractivity contribution in [2.24, 2.45) is 5.92 Å². The molecule has 46 heavy (non-hydrogen) atoms. The van der Waals surface area contributed by atoms with E-state index < -0.39 is 12.0 Å². The van der Waals surface area contributed by atoms with Gasteiger partial charge in [0, 0.05) is 32.0 Å². The second-order valence-corrected chi connectivity index (χ2v) is 13.1. The molecular weight excluding hydrogens is 585 g/mol. The molecule has 0 bridgehead atoms. The standard InChI is InChI=1S/C38H44FNO6/c1-2-17-40-23-25(24-40)20-27-9-10-28(21-32(27)39)38-36(26-11-13-29(14-12-26)44-34-7-3-5-18-42-34)37(41)31-16-15-30(22-33(31)46-38)45-35-8-4-6-19-43-35/h9-16,21-22,25,34-36,38H,2-8,17-20,23-24H2,1H3. The maximum absolute atomic E-state index is 15.7. The molecule has 7 rings (SSSR count). The van der Waals surface area contributed by atoms with Gasteiger partial charge in [-0.2, -0.15) is 0 Å². The minimum Gasteiger partial charge on any atom is -0.484 e. The van der Waals surface area contributed by atoms with Gasteiger partial charge in [-0.25, -0.2) is 4.39 Å². The van der Waals surface area contributed by atoms with Crippen LogP contribution < -0.4 is 14.2 Å². The van der Waals surface area contributed by atoms with Gasteiger partial charge in [-0.15, -0.1) is 0 Å². The van der Waals surface area contributed by atoms with Crippen molar-refractivity contribution in [2.75, 3.05) is 32.8 Å². The molecule has 0 spiro atoms. The third-order valence-electron chi connectivity index (χ3n) is 9.59. The predicted molar refractivity (Wildman–Crippen MR) is 172 cm³/mol. The van der Waals surface area contributed by atoms with Crippen LogP contribution in [0, 0.1) is 11.7 Å². The molecule has 0 radical (unpaired) electrons. The molecule has 0 aromatic heterocycles. The fourth-order valence-electron chi connectivity index (χ4n) is 7.16.